The Morgan fingerprint density at radius 2 is 2.05 bits per heavy atom. The first-order valence-electron chi connectivity index (χ1n) is 6.63. The zero-order valence-corrected chi connectivity index (χ0v) is 10.8. The van der Waals surface area contributed by atoms with Crippen molar-refractivity contribution >= 4 is 16.7 Å². The molecule has 1 saturated carbocycles. The average Bonchev–Trinajstić information content (AvgIpc) is 3.20. The molecule has 0 amide bonds. The van der Waals surface area contributed by atoms with Gasteiger partial charge in [-0.3, -0.25) is 4.98 Å². The predicted molar refractivity (Wildman–Crippen MR) is 75.6 cm³/mol. The monoisotopic (exact) mass is 268 g/mol. The molecule has 0 radical (unpaired) electrons. The van der Waals surface area contributed by atoms with E-state index in [9.17, 15) is 4.39 Å². The van der Waals surface area contributed by atoms with Crippen molar-refractivity contribution < 1.29 is 4.39 Å². The third-order valence-corrected chi connectivity index (χ3v) is 3.63. The number of imidazole rings is 1. The van der Waals surface area contributed by atoms with Gasteiger partial charge in [0.05, 0.1) is 11.2 Å². The lowest BCUT2D eigenvalue weighted by Gasteiger charge is -2.08. The van der Waals surface area contributed by atoms with E-state index in [1.165, 1.54) is 6.07 Å². The van der Waals surface area contributed by atoms with Crippen LogP contribution in [0, 0.1) is 5.82 Å². The molecule has 0 unspecified atom stereocenters. The van der Waals surface area contributed by atoms with Gasteiger partial charge in [0.1, 0.15) is 11.2 Å². The fourth-order valence-electron chi connectivity index (χ4n) is 2.56. The highest BCUT2D eigenvalue weighted by molar-refractivity contribution is 5.83. The van der Waals surface area contributed by atoms with Crippen LogP contribution in [-0.2, 0) is 0 Å². The van der Waals surface area contributed by atoms with E-state index >= 15 is 0 Å². The standard InChI is InChI=1S/C15H13FN4/c16-10-3-1-5-12-13(10)19-15(20(12)9-6-7-9)14-11(17)4-2-8-18-14/h1-5,8-9H,6-7,17H2. The van der Waals surface area contributed by atoms with Crippen molar-refractivity contribution in [1.29, 1.82) is 0 Å². The highest BCUT2D eigenvalue weighted by atomic mass is 19.1. The highest BCUT2D eigenvalue weighted by Gasteiger charge is 2.30. The molecule has 5 heteroatoms. The quantitative estimate of drug-likeness (QED) is 0.776. The molecule has 0 atom stereocenters. The van der Waals surface area contributed by atoms with Crippen LogP contribution in [0.15, 0.2) is 36.5 Å². The van der Waals surface area contributed by atoms with Crippen LogP contribution in [0.5, 0.6) is 0 Å². The minimum absolute atomic E-state index is 0.308. The summed E-state index contributed by atoms with van der Waals surface area (Å²) in [5.41, 5.74) is 8.37. The van der Waals surface area contributed by atoms with Gasteiger partial charge in [-0.2, -0.15) is 0 Å². The highest BCUT2D eigenvalue weighted by Crippen LogP contribution is 2.41. The second kappa shape index (κ2) is 4.03. The van der Waals surface area contributed by atoms with Gasteiger partial charge in [-0.15, -0.1) is 0 Å². The molecule has 0 aliphatic heterocycles. The van der Waals surface area contributed by atoms with E-state index in [0.717, 1.165) is 18.4 Å². The van der Waals surface area contributed by atoms with Crippen molar-refractivity contribution in [3.8, 4) is 11.5 Å². The number of hydrogen-bond donors (Lipinski definition) is 1. The molecule has 0 bridgehead atoms. The SMILES string of the molecule is Nc1cccnc1-c1nc2c(F)cccc2n1C1CC1. The third-order valence-electron chi connectivity index (χ3n) is 3.63. The summed E-state index contributed by atoms with van der Waals surface area (Å²) in [6.07, 6.45) is 3.85. The number of anilines is 1. The Kier molecular flexibility index (Phi) is 2.30. The van der Waals surface area contributed by atoms with Gasteiger partial charge in [0, 0.05) is 12.2 Å². The first-order chi connectivity index (χ1) is 9.75. The van der Waals surface area contributed by atoms with Gasteiger partial charge in [-0.05, 0) is 37.1 Å². The number of halogens is 1. The molecule has 2 aromatic heterocycles. The third kappa shape index (κ3) is 1.59. The lowest BCUT2D eigenvalue weighted by Crippen LogP contribution is -2.01. The number of rotatable bonds is 2. The van der Waals surface area contributed by atoms with Crippen molar-refractivity contribution in [3.63, 3.8) is 0 Å². The minimum Gasteiger partial charge on any atom is -0.397 e. The zero-order valence-electron chi connectivity index (χ0n) is 10.8. The molecule has 4 nitrogen and oxygen atoms in total. The number of nitrogens with zero attached hydrogens (tertiary/aromatic N) is 3. The van der Waals surface area contributed by atoms with Gasteiger partial charge < -0.3 is 10.3 Å². The maximum absolute atomic E-state index is 14.0. The maximum Gasteiger partial charge on any atom is 0.162 e. The number of pyridine rings is 1. The van der Waals surface area contributed by atoms with E-state index in [4.69, 9.17) is 5.73 Å². The summed E-state index contributed by atoms with van der Waals surface area (Å²) >= 11 is 0. The summed E-state index contributed by atoms with van der Waals surface area (Å²) in [6.45, 7) is 0. The van der Waals surface area contributed by atoms with Crippen LogP contribution in [0.25, 0.3) is 22.6 Å². The molecule has 1 aliphatic rings. The number of fused-ring (bicyclic) bond motifs is 1. The van der Waals surface area contributed by atoms with Crippen LogP contribution >= 0.6 is 0 Å². The van der Waals surface area contributed by atoms with E-state index in [2.05, 4.69) is 14.5 Å². The number of para-hydroxylation sites is 1. The molecule has 4 rings (SSSR count). The van der Waals surface area contributed by atoms with Crippen molar-refractivity contribution in [3.05, 3.63) is 42.3 Å². The molecule has 100 valence electrons. The lowest BCUT2D eigenvalue weighted by atomic mass is 10.3. The van der Waals surface area contributed by atoms with E-state index in [0.29, 0.717) is 28.8 Å². The summed E-state index contributed by atoms with van der Waals surface area (Å²) in [4.78, 5) is 8.76. The van der Waals surface area contributed by atoms with Crippen molar-refractivity contribution in [2.75, 3.05) is 5.73 Å². The largest absolute Gasteiger partial charge is 0.397 e. The van der Waals surface area contributed by atoms with Crippen molar-refractivity contribution in [1.82, 2.24) is 14.5 Å². The number of nitrogen functional groups attached to an aromatic ring is 1. The van der Waals surface area contributed by atoms with Gasteiger partial charge >= 0.3 is 0 Å². The van der Waals surface area contributed by atoms with Crippen LogP contribution in [0.1, 0.15) is 18.9 Å². The predicted octanol–water partition coefficient (Wildman–Crippen LogP) is 3.15. The molecule has 1 fully saturated rings. The zero-order chi connectivity index (χ0) is 13.7. The van der Waals surface area contributed by atoms with E-state index in [1.54, 1.807) is 24.4 Å². The number of nitrogens with two attached hydrogens (primary N) is 1. The molecule has 2 heterocycles. The summed E-state index contributed by atoms with van der Waals surface area (Å²) in [7, 11) is 0. The van der Waals surface area contributed by atoms with Gasteiger partial charge in [0.2, 0.25) is 0 Å². The average molecular weight is 268 g/mol. The summed E-state index contributed by atoms with van der Waals surface area (Å²) in [6, 6.07) is 8.98. The Hall–Kier alpha value is -2.43. The molecule has 2 N–H and O–H groups in total. The normalized spacial score (nSPS) is 14.8. The molecule has 0 spiro atoms. The molecule has 3 aromatic rings. The van der Waals surface area contributed by atoms with Crippen molar-refractivity contribution in [2.45, 2.75) is 18.9 Å². The second-order valence-electron chi connectivity index (χ2n) is 5.09. The molecule has 20 heavy (non-hydrogen) atoms. The first-order valence-corrected chi connectivity index (χ1v) is 6.63. The van der Waals surface area contributed by atoms with Crippen LogP contribution in [0.2, 0.25) is 0 Å². The molecule has 0 saturated heterocycles. The maximum atomic E-state index is 14.0. The van der Waals surface area contributed by atoms with E-state index in [1.807, 2.05) is 6.07 Å². The van der Waals surface area contributed by atoms with Gasteiger partial charge in [-0.25, -0.2) is 9.37 Å². The van der Waals surface area contributed by atoms with Crippen LogP contribution in [0.3, 0.4) is 0 Å². The van der Waals surface area contributed by atoms with Crippen LogP contribution < -0.4 is 5.73 Å². The second-order valence-corrected chi connectivity index (χ2v) is 5.09. The first kappa shape index (κ1) is 11.4. The molecule has 1 aromatic carbocycles. The summed E-state index contributed by atoms with van der Waals surface area (Å²) in [5.74, 6) is 0.350. The summed E-state index contributed by atoms with van der Waals surface area (Å²) < 4.78 is 16.0. The Bertz CT molecular complexity index is 805. The number of hydrogen-bond acceptors (Lipinski definition) is 3. The molecule has 1 aliphatic carbocycles. The van der Waals surface area contributed by atoms with Gasteiger partial charge in [0.15, 0.2) is 11.6 Å². The topological polar surface area (TPSA) is 56.7 Å². The summed E-state index contributed by atoms with van der Waals surface area (Å²) in [5, 5.41) is 0. The van der Waals surface area contributed by atoms with Crippen molar-refractivity contribution in [2.24, 2.45) is 0 Å². The van der Waals surface area contributed by atoms with Gasteiger partial charge in [-0.1, -0.05) is 6.07 Å². The lowest BCUT2D eigenvalue weighted by molar-refractivity contribution is 0.637. The van der Waals surface area contributed by atoms with E-state index < -0.39 is 0 Å². The van der Waals surface area contributed by atoms with Crippen LogP contribution in [0.4, 0.5) is 10.1 Å². The Morgan fingerprint density at radius 1 is 1.20 bits per heavy atom. The Morgan fingerprint density at radius 3 is 2.80 bits per heavy atom. The number of benzene rings is 1. The van der Waals surface area contributed by atoms with E-state index in [-0.39, 0.29) is 5.82 Å². The fraction of sp³-hybridized carbons (Fsp3) is 0.200. The van der Waals surface area contributed by atoms with Gasteiger partial charge in [0.25, 0.3) is 0 Å². The molecular formula is C15H13FN4. The minimum atomic E-state index is -0.308. The smallest absolute Gasteiger partial charge is 0.162 e. The number of aromatic nitrogens is 3. The molecular weight excluding hydrogens is 255 g/mol. The Balaban J connectivity index is 2.06. The Labute approximate surface area is 115 Å². The fourth-order valence-corrected chi connectivity index (χ4v) is 2.56. The van der Waals surface area contributed by atoms with Crippen LogP contribution in [-0.4, -0.2) is 14.5 Å².